The minimum atomic E-state index is -0.702. The molecule has 3 aromatic rings. The van der Waals surface area contributed by atoms with Crippen molar-refractivity contribution in [3.05, 3.63) is 79.7 Å². The number of rotatable bonds is 7. The Hall–Kier alpha value is -4.19. The van der Waals surface area contributed by atoms with Crippen LogP contribution in [0.1, 0.15) is 36.7 Å². The Labute approximate surface area is 240 Å². The topological polar surface area (TPSA) is 181 Å². The summed E-state index contributed by atoms with van der Waals surface area (Å²) in [5.74, 6) is 0.0294. The summed E-state index contributed by atoms with van der Waals surface area (Å²) in [6.45, 7) is 1.79. The van der Waals surface area contributed by atoms with Crippen molar-refractivity contribution in [2.24, 2.45) is 5.73 Å². The number of furan rings is 1. The summed E-state index contributed by atoms with van der Waals surface area (Å²) in [6, 6.07) is 9.67. The second-order valence-corrected chi connectivity index (χ2v) is 11.5. The number of benzene rings is 1. The number of nitrogens with two attached hydrogens (primary N) is 1. The third-order valence-electron chi connectivity index (χ3n) is 6.30. The van der Waals surface area contributed by atoms with Gasteiger partial charge in [0.2, 0.25) is 11.0 Å². The maximum Gasteiger partial charge on any atom is 0.289 e. The molecule has 0 spiro atoms. The number of anilines is 2. The van der Waals surface area contributed by atoms with Gasteiger partial charge in [0.15, 0.2) is 10.1 Å². The van der Waals surface area contributed by atoms with Crippen molar-refractivity contribution < 1.29 is 18.9 Å². The minimum Gasteiger partial charge on any atom is -0.465 e. The molecule has 204 valence electrons. The molecule has 0 saturated carbocycles. The molecular weight excluding hydrogens is 578 g/mol. The van der Waals surface area contributed by atoms with Gasteiger partial charge in [-0.2, -0.15) is 5.26 Å². The number of carbonyl (C=O) groups is 2. The zero-order chi connectivity index (χ0) is 28.6. The van der Waals surface area contributed by atoms with Gasteiger partial charge in [-0.1, -0.05) is 34.7 Å². The SMILES string of the molecule is Cc1ccc(C2C(C#N)=C(N)N(c3nnc(SCC(=O)Nc4ccc(Cl)c([N+](=O)[O-])c4)s3)C3=C2C(=O)CCC3)o1. The van der Waals surface area contributed by atoms with Crippen molar-refractivity contribution in [1.82, 2.24) is 10.2 Å². The van der Waals surface area contributed by atoms with E-state index in [9.17, 15) is 25.0 Å². The number of nitrogens with zero attached hydrogens (tertiary/aromatic N) is 5. The van der Waals surface area contributed by atoms with Gasteiger partial charge in [-0.3, -0.25) is 24.6 Å². The number of allylic oxidation sites excluding steroid dienone is 3. The molecule has 1 unspecified atom stereocenters. The molecule has 0 saturated heterocycles. The van der Waals surface area contributed by atoms with E-state index in [0.717, 1.165) is 23.1 Å². The van der Waals surface area contributed by atoms with Crippen LogP contribution in [0, 0.1) is 28.4 Å². The van der Waals surface area contributed by atoms with Crippen LogP contribution in [-0.2, 0) is 9.59 Å². The van der Waals surface area contributed by atoms with E-state index in [4.69, 9.17) is 21.8 Å². The molecule has 1 aromatic carbocycles. The van der Waals surface area contributed by atoms with Gasteiger partial charge in [0.25, 0.3) is 5.69 Å². The zero-order valence-electron chi connectivity index (χ0n) is 20.8. The van der Waals surface area contributed by atoms with Crippen molar-refractivity contribution in [2.45, 2.75) is 36.4 Å². The summed E-state index contributed by atoms with van der Waals surface area (Å²) in [5.41, 5.74) is 7.74. The Morgan fingerprint density at radius 1 is 1.38 bits per heavy atom. The molecule has 40 heavy (non-hydrogen) atoms. The maximum absolute atomic E-state index is 13.1. The van der Waals surface area contributed by atoms with Gasteiger partial charge in [-0.05, 0) is 44.0 Å². The van der Waals surface area contributed by atoms with Crippen LogP contribution < -0.4 is 16.0 Å². The number of nitro benzene ring substituents is 1. The predicted octanol–water partition coefficient (Wildman–Crippen LogP) is 5.04. The third-order valence-corrected chi connectivity index (χ3v) is 8.66. The molecule has 2 aliphatic rings. The van der Waals surface area contributed by atoms with Crippen LogP contribution in [0.25, 0.3) is 0 Å². The van der Waals surface area contributed by atoms with Crippen molar-refractivity contribution >= 4 is 62.9 Å². The van der Waals surface area contributed by atoms with Crippen molar-refractivity contribution in [2.75, 3.05) is 16.0 Å². The van der Waals surface area contributed by atoms with Crippen LogP contribution in [0.4, 0.5) is 16.5 Å². The maximum atomic E-state index is 13.1. The van der Waals surface area contributed by atoms with E-state index in [1.165, 1.54) is 18.2 Å². The van der Waals surface area contributed by atoms with Crippen LogP contribution >= 0.6 is 34.7 Å². The molecule has 15 heteroatoms. The Kier molecular flexibility index (Phi) is 7.61. The fraction of sp³-hybridized carbons (Fsp3) is 0.240. The van der Waals surface area contributed by atoms with E-state index in [2.05, 4.69) is 21.6 Å². The number of carbonyl (C=O) groups excluding carboxylic acids is 2. The standard InChI is InChI=1S/C25H20ClN7O5S2/c1-12-5-8-19(38-12)21-14(10-27)23(28)32(16-3-2-4-18(34)22(16)21)24-30-31-25(40-24)39-11-20(35)29-13-6-7-15(26)17(9-13)33(36)37/h5-9,21H,2-4,11,28H2,1H3,(H,29,35). The molecule has 1 amide bonds. The van der Waals surface area contributed by atoms with Gasteiger partial charge >= 0.3 is 0 Å². The van der Waals surface area contributed by atoms with Gasteiger partial charge in [0.05, 0.1) is 28.2 Å². The number of aryl methyl sites for hydroxylation is 1. The molecule has 3 heterocycles. The van der Waals surface area contributed by atoms with Crippen molar-refractivity contribution in [1.29, 1.82) is 5.26 Å². The number of nitrogens with one attached hydrogen (secondary N) is 1. The van der Waals surface area contributed by atoms with Crippen LogP contribution in [0.3, 0.4) is 0 Å². The number of aromatic nitrogens is 2. The highest BCUT2D eigenvalue weighted by atomic mass is 35.5. The lowest BCUT2D eigenvalue weighted by atomic mass is 9.78. The summed E-state index contributed by atoms with van der Waals surface area (Å²) in [7, 11) is 0. The Bertz CT molecular complexity index is 1650. The van der Waals surface area contributed by atoms with E-state index < -0.39 is 16.7 Å². The summed E-state index contributed by atoms with van der Waals surface area (Å²) >= 11 is 8.09. The Morgan fingerprint density at radius 3 is 2.88 bits per heavy atom. The number of hydrogen-bond acceptors (Lipinski definition) is 12. The first-order chi connectivity index (χ1) is 19.2. The zero-order valence-corrected chi connectivity index (χ0v) is 23.2. The predicted molar refractivity (Wildman–Crippen MR) is 149 cm³/mol. The third kappa shape index (κ3) is 5.18. The highest BCUT2D eigenvalue weighted by Gasteiger charge is 2.42. The number of halogens is 1. The van der Waals surface area contributed by atoms with E-state index in [1.54, 1.807) is 24.0 Å². The van der Waals surface area contributed by atoms with Crippen LogP contribution in [0.5, 0.6) is 0 Å². The molecular formula is C25H20ClN7O5S2. The minimum absolute atomic E-state index is 0.0344. The summed E-state index contributed by atoms with van der Waals surface area (Å²) in [5, 5.41) is 32.5. The van der Waals surface area contributed by atoms with E-state index >= 15 is 0 Å². The number of ketones is 1. The fourth-order valence-corrected chi connectivity index (χ4v) is 6.47. The first-order valence-electron chi connectivity index (χ1n) is 11.9. The van der Waals surface area contributed by atoms with Crippen molar-refractivity contribution in [3.63, 3.8) is 0 Å². The lowest BCUT2D eigenvalue weighted by Crippen LogP contribution is -2.38. The van der Waals surface area contributed by atoms with Gasteiger partial charge < -0.3 is 15.5 Å². The van der Waals surface area contributed by atoms with E-state index in [1.807, 2.05) is 0 Å². The van der Waals surface area contributed by atoms with Crippen molar-refractivity contribution in [3.8, 4) is 6.07 Å². The largest absolute Gasteiger partial charge is 0.465 e. The first-order valence-corrected chi connectivity index (χ1v) is 14.1. The van der Waals surface area contributed by atoms with Crippen LogP contribution in [0.2, 0.25) is 5.02 Å². The monoisotopic (exact) mass is 597 g/mol. The lowest BCUT2D eigenvalue weighted by molar-refractivity contribution is -0.384. The highest BCUT2D eigenvalue weighted by Crippen LogP contribution is 2.47. The van der Waals surface area contributed by atoms with Gasteiger partial charge in [-0.15, -0.1) is 10.2 Å². The smallest absolute Gasteiger partial charge is 0.289 e. The number of nitro groups is 1. The molecule has 3 N–H and O–H groups in total. The molecule has 1 aliphatic heterocycles. The summed E-state index contributed by atoms with van der Waals surface area (Å²) in [6.07, 6.45) is 1.52. The summed E-state index contributed by atoms with van der Waals surface area (Å²) in [4.78, 5) is 37.7. The molecule has 2 aromatic heterocycles. The second-order valence-electron chi connectivity index (χ2n) is 8.88. The van der Waals surface area contributed by atoms with Gasteiger partial charge in [0, 0.05) is 29.4 Å². The average molecular weight is 598 g/mol. The Morgan fingerprint density at radius 2 is 2.17 bits per heavy atom. The molecule has 5 rings (SSSR count). The van der Waals surface area contributed by atoms with Gasteiger partial charge in [0.1, 0.15) is 22.4 Å². The molecule has 12 nitrogen and oxygen atoms in total. The normalized spacial score (nSPS) is 17.1. The molecule has 0 bridgehead atoms. The fourth-order valence-electron chi connectivity index (χ4n) is 4.60. The second kappa shape index (κ2) is 11.1. The summed E-state index contributed by atoms with van der Waals surface area (Å²) < 4.78 is 6.27. The number of thioether (sulfide) groups is 1. The first kappa shape index (κ1) is 27.4. The highest BCUT2D eigenvalue weighted by molar-refractivity contribution is 8.01. The van der Waals surface area contributed by atoms with Crippen LogP contribution in [0.15, 0.2) is 61.8 Å². The quantitative estimate of drug-likeness (QED) is 0.211. The lowest BCUT2D eigenvalue weighted by Gasteiger charge is -2.37. The number of hydrogen-bond donors (Lipinski definition) is 2. The molecule has 1 atom stereocenters. The van der Waals surface area contributed by atoms with E-state index in [0.29, 0.717) is 51.5 Å². The number of amides is 1. The average Bonchev–Trinajstić information content (AvgIpc) is 3.57. The number of Topliss-reactive ketones (excluding diaryl/α,β-unsaturated/α-hetero) is 1. The van der Waals surface area contributed by atoms with Crippen LogP contribution in [-0.4, -0.2) is 32.6 Å². The molecule has 0 radical (unpaired) electrons. The Balaban J connectivity index is 1.37. The van der Waals surface area contributed by atoms with Gasteiger partial charge in [-0.25, -0.2) is 0 Å². The number of nitriles is 1. The molecule has 0 fully saturated rings. The van der Waals surface area contributed by atoms with E-state index in [-0.39, 0.29) is 39.3 Å². The molecule has 1 aliphatic carbocycles.